The molecule has 0 amide bonds. The van der Waals surface area contributed by atoms with Gasteiger partial charge < -0.3 is 10.5 Å². The Kier molecular flexibility index (Phi) is 3.55. The summed E-state index contributed by atoms with van der Waals surface area (Å²) in [4.78, 5) is 11.1. The molecule has 4 nitrogen and oxygen atoms in total. The fourth-order valence-corrected chi connectivity index (χ4v) is 1.17. The summed E-state index contributed by atoms with van der Waals surface area (Å²) in [5.74, 6) is 4.18. The SMILES string of the molecule is NNC(=S)Cc1ccc(C(=O)O)cc1. The lowest BCUT2D eigenvalue weighted by Crippen LogP contribution is -2.29. The number of hydrogen-bond donors (Lipinski definition) is 3. The van der Waals surface area contributed by atoms with Crippen molar-refractivity contribution in [1.29, 1.82) is 0 Å². The van der Waals surface area contributed by atoms with Gasteiger partial charge in [-0.2, -0.15) is 0 Å². The highest BCUT2D eigenvalue weighted by molar-refractivity contribution is 7.80. The lowest BCUT2D eigenvalue weighted by atomic mass is 10.1. The monoisotopic (exact) mass is 210 g/mol. The standard InChI is InChI=1S/C9H10N2O2S/c10-11-8(14)5-6-1-3-7(4-2-6)9(12)13/h1-4H,5,10H2,(H,11,14)(H,12,13). The second-order valence-electron chi connectivity index (χ2n) is 2.75. The number of aromatic carboxylic acids is 1. The van der Waals surface area contributed by atoms with Crippen LogP contribution in [-0.4, -0.2) is 16.1 Å². The maximum atomic E-state index is 10.5. The average molecular weight is 210 g/mol. The fourth-order valence-electron chi connectivity index (χ4n) is 1.00. The molecule has 0 radical (unpaired) electrons. The van der Waals surface area contributed by atoms with Crippen molar-refractivity contribution >= 4 is 23.2 Å². The van der Waals surface area contributed by atoms with Crippen LogP contribution in [0.2, 0.25) is 0 Å². The van der Waals surface area contributed by atoms with Gasteiger partial charge in [-0.25, -0.2) is 4.79 Å². The van der Waals surface area contributed by atoms with Crippen molar-refractivity contribution in [2.75, 3.05) is 0 Å². The van der Waals surface area contributed by atoms with E-state index in [1.807, 2.05) is 0 Å². The highest BCUT2D eigenvalue weighted by Crippen LogP contribution is 2.05. The van der Waals surface area contributed by atoms with Crippen molar-refractivity contribution in [1.82, 2.24) is 5.43 Å². The van der Waals surface area contributed by atoms with Crippen LogP contribution in [0, 0.1) is 0 Å². The molecule has 0 aliphatic heterocycles. The van der Waals surface area contributed by atoms with Gasteiger partial charge in [0.05, 0.1) is 10.6 Å². The number of thiocarbonyl (C=S) groups is 1. The fraction of sp³-hybridized carbons (Fsp3) is 0.111. The van der Waals surface area contributed by atoms with Crippen molar-refractivity contribution in [2.24, 2.45) is 5.84 Å². The first-order chi connectivity index (χ1) is 6.63. The van der Waals surface area contributed by atoms with E-state index in [0.717, 1.165) is 5.56 Å². The van der Waals surface area contributed by atoms with E-state index in [-0.39, 0.29) is 5.56 Å². The Morgan fingerprint density at radius 3 is 2.43 bits per heavy atom. The molecule has 0 atom stereocenters. The Balaban J connectivity index is 2.73. The highest BCUT2D eigenvalue weighted by atomic mass is 32.1. The van der Waals surface area contributed by atoms with Crippen LogP contribution in [-0.2, 0) is 6.42 Å². The summed E-state index contributed by atoms with van der Waals surface area (Å²) in [6.07, 6.45) is 0.520. The minimum Gasteiger partial charge on any atom is -0.478 e. The highest BCUT2D eigenvalue weighted by Gasteiger charge is 2.02. The number of carboxylic acid groups (broad SMARTS) is 1. The van der Waals surface area contributed by atoms with Crippen LogP contribution in [0.3, 0.4) is 0 Å². The lowest BCUT2D eigenvalue weighted by molar-refractivity contribution is 0.0697. The number of carbonyl (C=O) groups is 1. The molecule has 5 heteroatoms. The first kappa shape index (κ1) is 10.6. The van der Waals surface area contributed by atoms with Crippen LogP contribution in [0.4, 0.5) is 0 Å². The molecule has 0 heterocycles. The number of benzene rings is 1. The summed E-state index contributed by atoms with van der Waals surface area (Å²) in [6.45, 7) is 0. The Morgan fingerprint density at radius 1 is 1.43 bits per heavy atom. The number of carboxylic acids is 1. The molecule has 1 aromatic carbocycles. The van der Waals surface area contributed by atoms with Crippen LogP contribution in [0.5, 0.6) is 0 Å². The molecule has 0 unspecified atom stereocenters. The second-order valence-corrected chi connectivity index (χ2v) is 3.24. The van der Waals surface area contributed by atoms with Crippen LogP contribution < -0.4 is 11.3 Å². The quantitative estimate of drug-likeness (QED) is 0.389. The van der Waals surface area contributed by atoms with Gasteiger partial charge in [-0.05, 0) is 17.7 Å². The molecule has 0 saturated heterocycles. The smallest absolute Gasteiger partial charge is 0.335 e. The minimum atomic E-state index is -0.934. The van der Waals surface area contributed by atoms with Gasteiger partial charge in [0.2, 0.25) is 0 Å². The first-order valence-corrected chi connectivity index (χ1v) is 4.36. The van der Waals surface area contributed by atoms with Gasteiger partial charge in [-0.3, -0.25) is 5.84 Å². The minimum absolute atomic E-state index is 0.264. The molecule has 1 aromatic rings. The van der Waals surface area contributed by atoms with E-state index in [9.17, 15) is 4.79 Å². The van der Waals surface area contributed by atoms with E-state index in [0.29, 0.717) is 11.4 Å². The van der Waals surface area contributed by atoms with E-state index < -0.39 is 5.97 Å². The number of nitrogens with two attached hydrogens (primary N) is 1. The predicted molar refractivity (Wildman–Crippen MR) is 57.0 cm³/mol. The molecule has 0 bridgehead atoms. The number of hydrazine groups is 1. The number of rotatable bonds is 3. The molecule has 14 heavy (non-hydrogen) atoms. The molecular weight excluding hydrogens is 200 g/mol. The molecule has 1 rings (SSSR count). The van der Waals surface area contributed by atoms with Gasteiger partial charge in [-0.1, -0.05) is 24.4 Å². The molecular formula is C9H10N2O2S. The van der Waals surface area contributed by atoms with E-state index in [2.05, 4.69) is 5.43 Å². The third-order valence-electron chi connectivity index (χ3n) is 1.73. The van der Waals surface area contributed by atoms with Gasteiger partial charge in [0.1, 0.15) is 0 Å². The zero-order valence-corrected chi connectivity index (χ0v) is 8.17. The normalized spacial score (nSPS) is 9.50. The van der Waals surface area contributed by atoms with Crippen LogP contribution in [0.15, 0.2) is 24.3 Å². The summed E-state index contributed by atoms with van der Waals surface area (Å²) < 4.78 is 0. The summed E-state index contributed by atoms with van der Waals surface area (Å²) >= 11 is 4.87. The topological polar surface area (TPSA) is 75.3 Å². The summed E-state index contributed by atoms with van der Waals surface area (Å²) in [6, 6.07) is 6.51. The van der Waals surface area contributed by atoms with E-state index in [1.54, 1.807) is 12.1 Å². The Bertz CT molecular complexity index is 348. The van der Waals surface area contributed by atoms with Crippen molar-refractivity contribution in [3.05, 3.63) is 35.4 Å². The zero-order valence-electron chi connectivity index (χ0n) is 7.36. The zero-order chi connectivity index (χ0) is 10.6. The van der Waals surface area contributed by atoms with Crippen LogP contribution in [0.25, 0.3) is 0 Å². The Hall–Kier alpha value is -1.46. The molecule has 0 aliphatic rings. The molecule has 74 valence electrons. The summed E-state index contributed by atoms with van der Waals surface area (Å²) in [5.41, 5.74) is 3.56. The Labute approximate surface area is 86.7 Å². The lowest BCUT2D eigenvalue weighted by Gasteiger charge is -2.02. The third kappa shape index (κ3) is 2.79. The summed E-state index contributed by atoms with van der Waals surface area (Å²) in [5, 5.41) is 8.65. The van der Waals surface area contributed by atoms with Gasteiger partial charge in [0.25, 0.3) is 0 Å². The predicted octanol–water partition coefficient (Wildman–Crippen LogP) is 0.718. The molecule has 0 aromatic heterocycles. The molecule has 0 spiro atoms. The van der Waals surface area contributed by atoms with Gasteiger partial charge in [0, 0.05) is 6.42 Å². The maximum Gasteiger partial charge on any atom is 0.335 e. The first-order valence-electron chi connectivity index (χ1n) is 3.95. The largest absolute Gasteiger partial charge is 0.478 e. The van der Waals surface area contributed by atoms with Crippen LogP contribution in [0.1, 0.15) is 15.9 Å². The second kappa shape index (κ2) is 4.69. The Morgan fingerprint density at radius 2 is 2.00 bits per heavy atom. The molecule has 0 saturated carbocycles. The molecule has 0 aliphatic carbocycles. The van der Waals surface area contributed by atoms with E-state index in [4.69, 9.17) is 23.2 Å². The third-order valence-corrected chi connectivity index (χ3v) is 1.99. The van der Waals surface area contributed by atoms with E-state index in [1.165, 1.54) is 12.1 Å². The van der Waals surface area contributed by atoms with Crippen molar-refractivity contribution in [3.63, 3.8) is 0 Å². The number of hydrogen-bond acceptors (Lipinski definition) is 3. The average Bonchev–Trinajstić information content (AvgIpc) is 2.18. The molecule has 4 N–H and O–H groups in total. The van der Waals surface area contributed by atoms with Crippen LogP contribution >= 0.6 is 12.2 Å². The number of nitrogens with one attached hydrogen (secondary N) is 1. The summed E-state index contributed by atoms with van der Waals surface area (Å²) in [7, 11) is 0. The van der Waals surface area contributed by atoms with Gasteiger partial charge in [-0.15, -0.1) is 0 Å². The van der Waals surface area contributed by atoms with Gasteiger partial charge in [0.15, 0.2) is 0 Å². The maximum absolute atomic E-state index is 10.5. The van der Waals surface area contributed by atoms with Crippen molar-refractivity contribution in [2.45, 2.75) is 6.42 Å². The molecule has 0 fully saturated rings. The van der Waals surface area contributed by atoms with E-state index >= 15 is 0 Å². The van der Waals surface area contributed by atoms with Crippen molar-refractivity contribution < 1.29 is 9.90 Å². The van der Waals surface area contributed by atoms with Gasteiger partial charge >= 0.3 is 5.97 Å². The van der Waals surface area contributed by atoms with Crippen molar-refractivity contribution in [3.8, 4) is 0 Å².